The molecular formula is C45H30N2S2. The third-order valence-corrected chi connectivity index (χ3v) is 12.0. The summed E-state index contributed by atoms with van der Waals surface area (Å²) in [5.41, 5.74) is 8.36. The molecule has 4 heteroatoms. The first kappa shape index (κ1) is 28.5. The van der Waals surface area contributed by atoms with Gasteiger partial charge in [-0.3, -0.25) is 0 Å². The van der Waals surface area contributed by atoms with E-state index in [1.165, 1.54) is 69.0 Å². The van der Waals surface area contributed by atoms with Crippen molar-refractivity contribution in [3.05, 3.63) is 175 Å². The third-order valence-electron chi connectivity index (χ3n) is 9.68. The predicted molar refractivity (Wildman–Crippen MR) is 213 cm³/mol. The highest BCUT2D eigenvalue weighted by Gasteiger charge is 2.26. The third kappa shape index (κ3) is 4.79. The number of anilines is 4. The zero-order valence-corrected chi connectivity index (χ0v) is 28.1. The van der Waals surface area contributed by atoms with Gasteiger partial charge in [0, 0.05) is 47.4 Å². The van der Waals surface area contributed by atoms with Crippen LogP contribution in [0, 0.1) is 0 Å². The summed E-state index contributed by atoms with van der Waals surface area (Å²) in [5, 5.41) is 11.7. The van der Waals surface area contributed by atoms with Gasteiger partial charge in [-0.15, -0.1) is 11.3 Å². The number of para-hydroxylation sites is 2. The second-order valence-electron chi connectivity index (χ2n) is 12.6. The maximum atomic E-state index is 3.88. The van der Waals surface area contributed by atoms with Gasteiger partial charge in [0.05, 0.1) is 11.4 Å². The summed E-state index contributed by atoms with van der Waals surface area (Å²) in [6.07, 6.45) is 0. The second-order valence-corrected chi connectivity index (χ2v) is 14.8. The summed E-state index contributed by atoms with van der Waals surface area (Å²) in [6.45, 7) is 0. The number of hydrogen-bond donors (Lipinski definition) is 1. The van der Waals surface area contributed by atoms with Crippen LogP contribution in [0.5, 0.6) is 0 Å². The number of fused-ring (bicyclic) bond motifs is 8. The van der Waals surface area contributed by atoms with Gasteiger partial charge in [0.2, 0.25) is 0 Å². The summed E-state index contributed by atoms with van der Waals surface area (Å²) in [5.74, 6) is 0. The maximum absolute atomic E-state index is 3.88. The van der Waals surface area contributed by atoms with Crippen molar-refractivity contribution in [1.29, 1.82) is 0 Å². The molecule has 0 fully saturated rings. The Bertz CT molecular complexity index is 2680. The summed E-state index contributed by atoms with van der Waals surface area (Å²) < 4.78 is 2.64. The van der Waals surface area contributed by atoms with E-state index in [0.717, 1.165) is 17.1 Å². The molecule has 9 aromatic rings. The molecule has 0 bridgehead atoms. The number of nitrogens with zero attached hydrogens (tertiary/aromatic N) is 1. The molecule has 1 unspecified atom stereocenters. The van der Waals surface area contributed by atoms with E-state index in [1.807, 2.05) is 23.1 Å². The van der Waals surface area contributed by atoms with Crippen LogP contribution in [0.4, 0.5) is 22.7 Å². The summed E-state index contributed by atoms with van der Waals surface area (Å²) >= 11 is 3.76. The molecule has 0 amide bonds. The smallest absolute Gasteiger partial charge is 0.103 e. The molecule has 49 heavy (non-hydrogen) atoms. The van der Waals surface area contributed by atoms with E-state index in [4.69, 9.17) is 0 Å². The standard InChI is InChI=1S/C45H30N2S2/c1-3-11-30(12-4-1)45-46-44-41(49-45)26-22-29-19-20-31-27-34(23-25-36(31)43(29)44)47(33-13-5-2-6-14-33)39-17-9-7-15-35(39)32-21-24-38-37-16-8-10-18-40(37)48-42(38)28-32/h1-28,45-46H. The molecular weight excluding hydrogens is 633 g/mol. The molecule has 10 rings (SSSR count). The van der Waals surface area contributed by atoms with Crippen molar-refractivity contribution < 1.29 is 0 Å². The Labute approximate surface area is 293 Å². The Morgan fingerprint density at radius 3 is 2.12 bits per heavy atom. The van der Waals surface area contributed by atoms with Crippen molar-refractivity contribution >= 4 is 87.6 Å². The topological polar surface area (TPSA) is 15.3 Å². The van der Waals surface area contributed by atoms with Crippen molar-refractivity contribution in [2.24, 2.45) is 0 Å². The molecule has 2 heterocycles. The predicted octanol–water partition coefficient (Wildman–Crippen LogP) is 13.7. The van der Waals surface area contributed by atoms with Crippen LogP contribution in [0.3, 0.4) is 0 Å². The van der Waals surface area contributed by atoms with Crippen LogP contribution in [-0.2, 0) is 0 Å². The Kier molecular flexibility index (Phi) is 6.71. The zero-order valence-electron chi connectivity index (χ0n) is 26.5. The number of thiophene rings is 1. The molecule has 0 saturated carbocycles. The lowest BCUT2D eigenvalue weighted by Crippen LogP contribution is -2.11. The number of nitrogens with one attached hydrogen (secondary N) is 1. The summed E-state index contributed by atoms with van der Waals surface area (Å²) in [4.78, 5) is 3.71. The number of benzene rings is 8. The van der Waals surface area contributed by atoms with Crippen LogP contribution in [0.1, 0.15) is 10.9 Å². The van der Waals surface area contributed by atoms with Crippen molar-refractivity contribution in [2.45, 2.75) is 10.3 Å². The van der Waals surface area contributed by atoms with E-state index in [-0.39, 0.29) is 5.37 Å². The molecule has 2 nitrogen and oxygen atoms in total. The molecule has 8 aromatic carbocycles. The van der Waals surface area contributed by atoms with Crippen LogP contribution >= 0.6 is 23.1 Å². The lowest BCUT2D eigenvalue weighted by atomic mass is 9.98. The highest BCUT2D eigenvalue weighted by Crippen LogP contribution is 2.51. The van der Waals surface area contributed by atoms with Gasteiger partial charge in [-0.25, -0.2) is 0 Å². The van der Waals surface area contributed by atoms with Gasteiger partial charge in [-0.1, -0.05) is 133 Å². The number of hydrogen-bond acceptors (Lipinski definition) is 4. The van der Waals surface area contributed by atoms with Crippen LogP contribution in [0.15, 0.2) is 175 Å². The monoisotopic (exact) mass is 662 g/mol. The first-order chi connectivity index (χ1) is 24.3. The fourth-order valence-corrected chi connectivity index (χ4v) is 9.68. The molecule has 1 aromatic heterocycles. The average Bonchev–Trinajstić information content (AvgIpc) is 3.77. The normalized spacial score (nSPS) is 14.0. The van der Waals surface area contributed by atoms with E-state index in [9.17, 15) is 0 Å². The van der Waals surface area contributed by atoms with E-state index in [1.54, 1.807) is 0 Å². The molecule has 0 saturated heterocycles. The van der Waals surface area contributed by atoms with Gasteiger partial charge >= 0.3 is 0 Å². The van der Waals surface area contributed by atoms with Gasteiger partial charge < -0.3 is 10.2 Å². The van der Waals surface area contributed by atoms with E-state index in [2.05, 4.69) is 180 Å². The van der Waals surface area contributed by atoms with Gasteiger partial charge in [0.25, 0.3) is 0 Å². The number of rotatable bonds is 5. The fourth-order valence-electron chi connectivity index (χ4n) is 7.38. The van der Waals surface area contributed by atoms with Crippen molar-refractivity contribution in [1.82, 2.24) is 0 Å². The fraction of sp³-hybridized carbons (Fsp3) is 0.0222. The van der Waals surface area contributed by atoms with Gasteiger partial charge in [0.1, 0.15) is 5.37 Å². The Balaban J connectivity index is 1.12. The summed E-state index contributed by atoms with van der Waals surface area (Å²) in [7, 11) is 0. The first-order valence-electron chi connectivity index (χ1n) is 16.6. The van der Waals surface area contributed by atoms with Crippen LogP contribution < -0.4 is 10.2 Å². The van der Waals surface area contributed by atoms with Crippen molar-refractivity contribution in [3.8, 4) is 11.1 Å². The highest BCUT2D eigenvalue weighted by molar-refractivity contribution is 8.00. The second kappa shape index (κ2) is 11.6. The Hall–Kier alpha value is -5.55. The lowest BCUT2D eigenvalue weighted by Gasteiger charge is -2.28. The van der Waals surface area contributed by atoms with Gasteiger partial charge in [-0.2, -0.15) is 0 Å². The molecule has 232 valence electrons. The minimum Gasteiger partial charge on any atom is -0.368 e. The molecule has 0 aliphatic carbocycles. The van der Waals surface area contributed by atoms with Crippen LogP contribution in [0.25, 0.3) is 52.8 Å². The highest BCUT2D eigenvalue weighted by atomic mass is 32.2. The Morgan fingerprint density at radius 1 is 0.510 bits per heavy atom. The molecule has 1 N–H and O–H groups in total. The lowest BCUT2D eigenvalue weighted by molar-refractivity contribution is 1.14. The van der Waals surface area contributed by atoms with Crippen LogP contribution in [0.2, 0.25) is 0 Å². The van der Waals surface area contributed by atoms with Gasteiger partial charge in [-0.05, 0) is 75.8 Å². The van der Waals surface area contributed by atoms with Gasteiger partial charge in [0.15, 0.2) is 0 Å². The first-order valence-corrected chi connectivity index (χ1v) is 18.3. The van der Waals surface area contributed by atoms with Crippen LogP contribution in [-0.4, -0.2) is 0 Å². The quantitative estimate of drug-likeness (QED) is 0.185. The average molecular weight is 663 g/mol. The van der Waals surface area contributed by atoms with E-state index in [0.29, 0.717) is 0 Å². The SMILES string of the molecule is c1ccc(C2Nc3c(ccc4ccc5cc(N(c6ccccc6)c6ccccc6-c6ccc7c(c6)sc6ccccc67)ccc5c34)S2)cc1. The van der Waals surface area contributed by atoms with Crippen molar-refractivity contribution in [3.63, 3.8) is 0 Å². The maximum Gasteiger partial charge on any atom is 0.103 e. The molecule has 1 aliphatic heterocycles. The largest absolute Gasteiger partial charge is 0.368 e. The van der Waals surface area contributed by atoms with E-state index >= 15 is 0 Å². The number of thioether (sulfide) groups is 1. The summed E-state index contributed by atoms with van der Waals surface area (Å²) in [6, 6.07) is 62.0. The van der Waals surface area contributed by atoms with E-state index < -0.39 is 0 Å². The Morgan fingerprint density at radius 2 is 1.22 bits per heavy atom. The molecule has 0 radical (unpaired) electrons. The zero-order chi connectivity index (χ0) is 32.3. The molecule has 1 atom stereocenters. The van der Waals surface area contributed by atoms with Crippen molar-refractivity contribution in [2.75, 3.05) is 10.2 Å². The minimum atomic E-state index is 0.202. The molecule has 1 aliphatic rings. The minimum absolute atomic E-state index is 0.202. The molecule has 0 spiro atoms.